The van der Waals surface area contributed by atoms with Crippen LogP contribution in [0, 0.1) is 0 Å². The van der Waals surface area contributed by atoms with E-state index in [0.717, 1.165) is 18.2 Å². The van der Waals surface area contributed by atoms with Crippen LogP contribution in [0.5, 0.6) is 0 Å². The van der Waals surface area contributed by atoms with Crippen molar-refractivity contribution in [3.8, 4) is 0 Å². The quantitative estimate of drug-likeness (QED) is 0.841. The van der Waals surface area contributed by atoms with E-state index in [-0.39, 0.29) is 5.69 Å². The number of hydrogen-bond donors (Lipinski definition) is 2. The van der Waals surface area contributed by atoms with Gasteiger partial charge in [0, 0.05) is 5.69 Å². The zero-order valence-electron chi connectivity index (χ0n) is 10.1. The Balaban J connectivity index is 2.62. The molecule has 0 aliphatic carbocycles. The molecule has 0 saturated heterocycles. The van der Waals surface area contributed by atoms with Gasteiger partial charge in [0.2, 0.25) is 5.91 Å². The first-order chi connectivity index (χ1) is 9.50. The van der Waals surface area contributed by atoms with Crippen LogP contribution in [-0.2, 0) is 15.8 Å². The topological polar surface area (TPSA) is 58.2 Å². The molecule has 4 nitrogen and oxygen atoms in total. The Kier molecular flexibility index (Phi) is 4.81. The van der Waals surface area contributed by atoms with Crippen LogP contribution in [0.3, 0.4) is 0 Å². The summed E-state index contributed by atoms with van der Waals surface area (Å²) >= 11 is 0. The van der Waals surface area contributed by atoms with E-state index in [4.69, 9.17) is 0 Å². The molecule has 116 valence electrons. The van der Waals surface area contributed by atoms with Crippen molar-refractivity contribution in [3.63, 3.8) is 0 Å². The number of alkyl halides is 6. The second-order valence-corrected chi connectivity index (χ2v) is 3.81. The van der Waals surface area contributed by atoms with Crippen LogP contribution in [0.4, 0.5) is 32.0 Å². The Morgan fingerprint density at radius 1 is 1.05 bits per heavy atom. The zero-order chi connectivity index (χ0) is 16.3. The summed E-state index contributed by atoms with van der Waals surface area (Å²) in [5.74, 6) is -3.41. The van der Waals surface area contributed by atoms with Gasteiger partial charge in [0.05, 0.1) is 12.1 Å². The number of nitrogens with one attached hydrogen (secondary N) is 2. The third-order valence-corrected chi connectivity index (χ3v) is 2.14. The number of amides is 2. The Hall–Kier alpha value is -2.26. The summed E-state index contributed by atoms with van der Waals surface area (Å²) in [7, 11) is 0. The van der Waals surface area contributed by atoms with E-state index < -0.39 is 36.3 Å². The fraction of sp³-hybridized carbons (Fsp3) is 0.273. The van der Waals surface area contributed by atoms with Gasteiger partial charge < -0.3 is 10.6 Å². The molecule has 0 aromatic heterocycles. The molecule has 0 radical (unpaired) electrons. The van der Waals surface area contributed by atoms with Crippen molar-refractivity contribution in [2.75, 3.05) is 11.9 Å². The van der Waals surface area contributed by atoms with E-state index in [1.54, 1.807) is 0 Å². The van der Waals surface area contributed by atoms with E-state index in [9.17, 15) is 35.9 Å². The van der Waals surface area contributed by atoms with Crippen molar-refractivity contribution in [2.24, 2.45) is 0 Å². The third-order valence-electron chi connectivity index (χ3n) is 2.14. The van der Waals surface area contributed by atoms with Crippen LogP contribution in [-0.4, -0.2) is 24.5 Å². The Morgan fingerprint density at radius 3 is 2.19 bits per heavy atom. The van der Waals surface area contributed by atoms with Crippen molar-refractivity contribution in [2.45, 2.75) is 12.4 Å². The van der Waals surface area contributed by atoms with Gasteiger partial charge in [0.15, 0.2) is 0 Å². The number of carbonyl (C=O) groups excluding carboxylic acids is 2. The summed E-state index contributed by atoms with van der Waals surface area (Å²) in [5, 5.41) is 3.23. The highest BCUT2D eigenvalue weighted by Crippen LogP contribution is 2.30. The van der Waals surface area contributed by atoms with E-state index in [1.165, 1.54) is 5.32 Å². The standard InChI is InChI=1S/C11H8F6N2O2/c12-10(13,14)6-2-1-3-7(4-6)19-8(20)5-18-9(21)11(15,16)17/h1-4H,5H2,(H,18,21)(H,19,20). The molecule has 10 heteroatoms. The molecular weight excluding hydrogens is 306 g/mol. The molecule has 0 unspecified atom stereocenters. The molecule has 1 aromatic carbocycles. The number of halogens is 6. The lowest BCUT2D eigenvalue weighted by Gasteiger charge is -2.11. The van der Waals surface area contributed by atoms with Gasteiger partial charge in [-0.1, -0.05) is 6.07 Å². The lowest BCUT2D eigenvalue weighted by atomic mass is 10.2. The van der Waals surface area contributed by atoms with Gasteiger partial charge in [-0.3, -0.25) is 9.59 Å². The summed E-state index contributed by atoms with van der Waals surface area (Å²) in [6.07, 6.45) is -9.76. The fourth-order valence-electron chi connectivity index (χ4n) is 1.24. The first-order valence-electron chi connectivity index (χ1n) is 5.32. The first kappa shape index (κ1) is 16.8. The molecule has 0 aliphatic rings. The monoisotopic (exact) mass is 314 g/mol. The van der Waals surface area contributed by atoms with Crippen LogP contribution < -0.4 is 10.6 Å². The van der Waals surface area contributed by atoms with Crippen molar-refractivity contribution < 1.29 is 35.9 Å². The molecule has 0 atom stereocenters. The average molecular weight is 314 g/mol. The van der Waals surface area contributed by atoms with Gasteiger partial charge in [0.25, 0.3) is 0 Å². The molecule has 1 rings (SSSR count). The molecule has 1 aromatic rings. The number of hydrogen-bond acceptors (Lipinski definition) is 2. The smallest absolute Gasteiger partial charge is 0.339 e. The van der Waals surface area contributed by atoms with E-state index in [2.05, 4.69) is 0 Å². The predicted octanol–water partition coefficient (Wildman–Crippen LogP) is 2.32. The molecule has 0 fully saturated rings. The molecule has 0 aliphatic heterocycles. The summed E-state index contributed by atoms with van der Waals surface area (Å²) in [5.41, 5.74) is -1.28. The average Bonchev–Trinajstić information content (AvgIpc) is 2.34. The molecule has 2 N–H and O–H groups in total. The molecule has 21 heavy (non-hydrogen) atoms. The molecule has 0 bridgehead atoms. The predicted molar refractivity (Wildman–Crippen MR) is 59.1 cm³/mol. The van der Waals surface area contributed by atoms with Crippen molar-refractivity contribution in [1.82, 2.24) is 5.32 Å². The summed E-state index contributed by atoms with van der Waals surface area (Å²) in [6, 6.07) is 3.52. The molecule has 0 spiro atoms. The van der Waals surface area contributed by atoms with Gasteiger partial charge in [-0.25, -0.2) is 0 Å². The van der Waals surface area contributed by atoms with E-state index >= 15 is 0 Å². The van der Waals surface area contributed by atoms with Crippen molar-refractivity contribution in [3.05, 3.63) is 29.8 Å². The van der Waals surface area contributed by atoms with Crippen LogP contribution in [0.25, 0.3) is 0 Å². The molecule has 2 amide bonds. The zero-order valence-corrected chi connectivity index (χ0v) is 10.1. The first-order valence-corrected chi connectivity index (χ1v) is 5.32. The summed E-state index contributed by atoms with van der Waals surface area (Å²) < 4.78 is 72.7. The van der Waals surface area contributed by atoms with Gasteiger partial charge in [0.1, 0.15) is 0 Å². The molecule has 0 saturated carbocycles. The van der Waals surface area contributed by atoms with Crippen molar-refractivity contribution >= 4 is 17.5 Å². The lowest BCUT2D eigenvalue weighted by molar-refractivity contribution is -0.173. The van der Waals surface area contributed by atoms with E-state index in [0.29, 0.717) is 6.07 Å². The highest BCUT2D eigenvalue weighted by Gasteiger charge is 2.38. The van der Waals surface area contributed by atoms with Gasteiger partial charge in [-0.2, -0.15) is 26.3 Å². The minimum atomic E-state index is -5.14. The van der Waals surface area contributed by atoms with Crippen LogP contribution in [0.1, 0.15) is 5.56 Å². The number of carbonyl (C=O) groups is 2. The largest absolute Gasteiger partial charge is 0.471 e. The second-order valence-electron chi connectivity index (χ2n) is 3.81. The summed E-state index contributed by atoms with van der Waals surface area (Å²) in [6.45, 7) is -1.02. The van der Waals surface area contributed by atoms with Crippen LogP contribution in [0.15, 0.2) is 24.3 Å². The number of rotatable bonds is 3. The van der Waals surface area contributed by atoms with Gasteiger partial charge in [-0.05, 0) is 18.2 Å². The van der Waals surface area contributed by atoms with Crippen molar-refractivity contribution in [1.29, 1.82) is 0 Å². The van der Waals surface area contributed by atoms with Crippen LogP contribution >= 0.6 is 0 Å². The Morgan fingerprint density at radius 2 is 1.67 bits per heavy atom. The number of benzene rings is 1. The van der Waals surface area contributed by atoms with Crippen LogP contribution in [0.2, 0.25) is 0 Å². The highest BCUT2D eigenvalue weighted by molar-refractivity contribution is 5.95. The fourth-order valence-corrected chi connectivity index (χ4v) is 1.24. The Bertz CT molecular complexity index is 538. The maximum absolute atomic E-state index is 12.4. The minimum Gasteiger partial charge on any atom is -0.339 e. The normalized spacial score (nSPS) is 11.9. The maximum Gasteiger partial charge on any atom is 0.471 e. The SMILES string of the molecule is O=C(CNC(=O)C(F)(F)F)Nc1cccc(C(F)(F)F)c1. The second kappa shape index (κ2) is 6.02. The minimum absolute atomic E-state index is 0.254. The molecule has 0 heterocycles. The lowest BCUT2D eigenvalue weighted by Crippen LogP contribution is -2.41. The third kappa shape index (κ3) is 5.32. The summed E-state index contributed by atoms with van der Waals surface area (Å²) in [4.78, 5) is 21.7. The number of anilines is 1. The highest BCUT2D eigenvalue weighted by atomic mass is 19.4. The molecular formula is C11H8F6N2O2. The van der Waals surface area contributed by atoms with Gasteiger partial charge in [-0.15, -0.1) is 0 Å². The van der Waals surface area contributed by atoms with E-state index in [1.807, 2.05) is 5.32 Å². The maximum atomic E-state index is 12.4. The Labute approximate surface area is 114 Å². The van der Waals surface area contributed by atoms with Gasteiger partial charge >= 0.3 is 18.3 Å².